The molecule has 1 saturated carbocycles. The largest absolute Gasteiger partial charge is 0.378 e. The Kier molecular flexibility index (Phi) is 6.53. The molecule has 2 aliphatic heterocycles. The summed E-state index contributed by atoms with van der Waals surface area (Å²) in [6.07, 6.45) is 7.11. The fourth-order valence-corrected chi connectivity index (χ4v) is 5.78. The number of carbonyl (C=O) groups excluding carboxylic acids is 1. The highest BCUT2D eigenvalue weighted by molar-refractivity contribution is 5.97. The van der Waals surface area contributed by atoms with Crippen LogP contribution in [-0.4, -0.2) is 92.8 Å². The number of nitrogens with zero attached hydrogens (tertiary/aromatic N) is 6. The SMILES string of the molecule is CN(C)C(=O)c1cc2cnc(Nc3ccc(C(O)N4CC5COCC(C4)N5)cn3)nc2n1C1CCCC1. The number of rotatable bonds is 6. The zero-order valence-electron chi connectivity index (χ0n) is 21.3. The van der Waals surface area contributed by atoms with Gasteiger partial charge in [0.1, 0.15) is 23.4 Å². The van der Waals surface area contributed by atoms with Gasteiger partial charge in [-0.15, -0.1) is 0 Å². The van der Waals surface area contributed by atoms with Crippen molar-refractivity contribution < 1.29 is 14.6 Å². The lowest BCUT2D eigenvalue weighted by molar-refractivity contribution is -0.0716. The summed E-state index contributed by atoms with van der Waals surface area (Å²) >= 11 is 0. The molecule has 3 aliphatic rings. The maximum absolute atomic E-state index is 12.9. The first kappa shape index (κ1) is 24.2. The average Bonchev–Trinajstić information content (AvgIpc) is 3.55. The van der Waals surface area contributed by atoms with Crippen LogP contribution in [0, 0.1) is 0 Å². The van der Waals surface area contributed by atoms with Crippen LogP contribution in [0.25, 0.3) is 11.0 Å². The van der Waals surface area contributed by atoms with Crippen molar-refractivity contribution in [2.75, 3.05) is 45.7 Å². The fourth-order valence-electron chi connectivity index (χ4n) is 5.78. The van der Waals surface area contributed by atoms with Crippen molar-refractivity contribution in [1.29, 1.82) is 0 Å². The second-order valence-electron chi connectivity index (χ2n) is 10.5. The van der Waals surface area contributed by atoms with Gasteiger partial charge in [-0.05, 0) is 31.0 Å². The first-order valence-electron chi connectivity index (χ1n) is 13.0. The predicted octanol–water partition coefficient (Wildman–Crippen LogP) is 2.05. The van der Waals surface area contributed by atoms with Crippen LogP contribution in [0.4, 0.5) is 11.8 Å². The standard InChI is InChI=1S/C26H34N8O3/c1-32(2)25(36)21-9-17-11-28-26(31-23(17)34(21)20-5-3-4-6-20)30-22-8-7-16(10-27-22)24(35)33-12-18-14-37-15-19(13-33)29-18/h7-11,18-20,24,29,35H,3-6,12-15H2,1-2H3,(H,27,28,30,31). The number of aromatic nitrogens is 4. The van der Waals surface area contributed by atoms with E-state index in [0.717, 1.165) is 55.4 Å². The Morgan fingerprint density at radius 1 is 1.16 bits per heavy atom. The van der Waals surface area contributed by atoms with E-state index in [1.165, 1.54) is 0 Å². The molecule has 37 heavy (non-hydrogen) atoms. The Morgan fingerprint density at radius 2 is 1.92 bits per heavy atom. The summed E-state index contributed by atoms with van der Waals surface area (Å²) in [7, 11) is 3.54. The number of piperazine rings is 1. The van der Waals surface area contributed by atoms with E-state index in [1.54, 1.807) is 31.4 Å². The molecule has 0 aromatic carbocycles. The lowest BCUT2D eigenvalue weighted by atomic mass is 10.1. The Balaban J connectivity index is 1.22. The molecule has 11 nitrogen and oxygen atoms in total. The molecule has 1 amide bonds. The third kappa shape index (κ3) is 4.79. The lowest BCUT2D eigenvalue weighted by Crippen LogP contribution is -2.63. The van der Waals surface area contributed by atoms with Gasteiger partial charge in [0.15, 0.2) is 0 Å². The predicted molar refractivity (Wildman–Crippen MR) is 139 cm³/mol. The molecule has 3 aromatic rings. The normalized spacial score (nSPS) is 23.3. The molecule has 2 bridgehead atoms. The molecule has 0 spiro atoms. The van der Waals surface area contributed by atoms with E-state index >= 15 is 0 Å². The molecule has 1 aliphatic carbocycles. The van der Waals surface area contributed by atoms with Crippen molar-refractivity contribution >= 4 is 28.7 Å². The molecule has 0 radical (unpaired) electrons. The number of fused-ring (bicyclic) bond motifs is 3. The molecule has 6 rings (SSSR count). The van der Waals surface area contributed by atoms with Crippen molar-refractivity contribution in [2.24, 2.45) is 0 Å². The second kappa shape index (κ2) is 9.97. The second-order valence-corrected chi connectivity index (χ2v) is 10.5. The van der Waals surface area contributed by atoms with Gasteiger partial charge in [0.05, 0.1) is 13.2 Å². The molecule has 196 valence electrons. The van der Waals surface area contributed by atoms with Gasteiger partial charge in [0.25, 0.3) is 5.91 Å². The summed E-state index contributed by atoms with van der Waals surface area (Å²) in [6, 6.07) is 6.33. The highest BCUT2D eigenvalue weighted by atomic mass is 16.5. The molecule has 3 aromatic heterocycles. The van der Waals surface area contributed by atoms with Crippen LogP contribution in [0.2, 0.25) is 0 Å². The van der Waals surface area contributed by atoms with Crippen molar-refractivity contribution in [1.82, 2.24) is 34.6 Å². The van der Waals surface area contributed by atoms with Crippen LogP contribution >= 0.6 is 0 Å². The number of pyridine rings is 1. The summed E-state index contributed by atoms with van der Waals surface area (Å²) in [4.78, 5) is 30.4. The zero-order chi connectivity index (χ0) is 25.5. The van der Waals surface area contributed by atoms with Gasteiger partial charge in [-0.25, -0.2) is 9.97 Å². The van der Waals surface area contributed by atoms with E-state index in [0.29, 0.717) is 30.7 Å². The topological polar surface area (TPSA) is 121 Å². The first-order valence-corrected chi connectivity index (χ1v) is 13.0. The number of amides is 1. The summed E-state index contributed by atoms with van der Waals surface area (Å²) < 4.78 is 7.70. The summed E-state index contributed by atoms with van der Waals surface area (Å²) in [5.74, 6) is 0.977. The van der Waals surface area contributed by atoms with Crippen LogP contribution in [0.15, 0.2) is 30.6 Å². The maximum atomic E-state index is 12.9. The number of carbonyl (C=O) groups is 1. The Morgan fingerprint density at radius 3 is 2.59 bits per heavy atom. The average molecular weight is 507 g/mol. The van der Waals surface area contributed by atoms with Gasteiger partial charge in [-0.2, -0.15) is 4.98 Å². The van der Waals surface area contributed by atoms with Gasteiger partial charge >= 0.3 is 0 Å². The number of hydrogen-bond acceptors (Lipinski definition) is 9. The third-order valence-corrected chi connectivity index (χ3v) is 7.58. The van der Waals surface area contributed by atoms with Crippen molar-refractivity contribution in [2.45, 2.75) is 50.0 Å². The van der Waals surface area contributed by atoms with E-state index in [9.17, 15) is 9.90 Å². The number of aliphatic hydroxyl groups excluding tert-OH is 1. The van der Waals surface area contributed by atoms with Gasteiger partial charge < -0.3 is 29.9 Å². The smallest absolute Gasteiger partial charge is 0.270 e. The van der Waals surface area contributed by atoms with E-state index in [1.807, 2.05) is 18.2 Å². The molecule has 3 unspecified atom stereocenters. The molecule has 5 heterocycles. The maximum Gasteiger partial charge on any atom is 0.270 e. The van der Waals surface area contributed by atoms with E-state index in [2.05, 4.69) is 30.1 Å². The zero-order valence-corrected chi connectivity index (χ0v) is 21.3. The van der Waals surface area contributed by atoms with Crippen molar-refractivity contribution in [3.8, 4) is 0 Å². The summed E-state index contributed by atoms with van der Waals surface area (Å²) in [5.41, 5.74) is 2.15. The highest BCUT2D eigenvalue weighted by Gasteiger charge is 2.34. The molecule has 3 fully saturated rings. The monoisotopic (exact) mass is 506 g/mol. The van der Waals surface area contributed by atoms with E-state index < -0.39 is 6.23 Å². The molecule has 11 heteroatoms. The summed E-state index contributed by atoms with van der Waals surface area (Å²) in [5, 5.41) is 18.5. The first-order chi connectivity index (χ1) is 18.0. The molecular weight excluding hydrogens is 472 g/mol. The number of anilines is 2. The van der Waals surface area contributed by atoms with Gasteiger partial charge in [0.2, 0.25) is 5.95 Å². The van der Waals surface area contributed by atoms with E-state index in [4.69, 9.17) is 9.72 Å². The Labute approximate surface area is 215 Å². The Hall–Kier alpha value is -3.12. The van der Waals surface area contributed by atoms with Crippen LogP contribution in [0.5, 0.6) is 0 Å². The van der Waals surface area contributed by atoms with Crippen LogP contribution < -0.4 is 10.6 Å². The van der Waals surface area contributed by atoms with E-state index in [-0.39, 0.29) is 24.0 Å². The number of hydrogen-bond donors (Lipinski definition) is 3. The van der Waals surface area contributed by atoms with Crippen LogP contribution in [0.1, 0.15) is 54.0 Å². The van der Waals surface area contributed by atoms with Gasteiger partial charge in [-0.3, -0.25) is 9.69 Å². The molecule has 2 saturated heterocycles. The number of morpholine rings is 1. The highest BCUT2D eigenvalue weighted by Crippen LogP contribution is 2.35. The molecule has 3 atom stereocenters. The minimum absolute atomic E-state index is 0.0316. The van der Waals surface area contributed by atoms with Gasteiger partial charge in [0, 0.05) is 68.7 Å². The number of aliphatic hydroxyl groups is 1. The molecule has 3 N–H and O–H groups in total. The van der Waals surface area contributed by atoms with Crippen LogP contribution in [0.3, 0.4) is 0 Å². The third-order valence-electron chi connectivity index (χ3n) is 7.58. The minimum Gasteiger partial charge on any atom is -0.378 e. The van der Waals surface area contributed by atoms with Crippen molar-refractivity contribution in [3.05, 3.63) is 41.9 Å². The van der Waals surface area contributed by atoms with Crippen molar-refractivity contribution in [3.63, 3.8) is 0 Å². The quantitative estimate of drug-likeness (QED) is 0.461. The number of ether oxygens (including phenoxy) is 1. The number of nitrogens with one attached hydrogen (secondary N) is 2. The molecular formula is C26H34N8O3. The van der Waals surface area contributed by atoms with Crippen LogP contribution in [-0.2, 0) is 4.74 Å². The minimum atomic E-state index is -0.721. The fraction of sp³-hybridized carbons (Fsp3) is 0.538. The lowest BCUT2D eigenvalue weighted by Gasteiger charge is -2.43. The Bertz CT molecular complexity index is 1260. The summed E-state index contributed by atoms with van der Waals surface area (Å²) in [6.45, 7) is 2.79. The van der Waals surface area contributed by atoms with Gasteiger partial charge in [-0.1, -0.05) is 12.8 Å².